The molecule has 1 aromatic heterocycles. The predicted molar refractivity (Wildman–Crippen MR) is 102 cm³/mol. The van der Waals surface area contributed by atoms with Crippen molar-refractivity contribution >= 4 is 5.57 Å². The summed E-state index contributed by atoms with van der Waals surface area (Å²) in [6.07, 6.45) is 0.0914. The maximum absolute atomic E-state index is 14.1. The fraction of sp³-hybridized carbons (Fsp3) is 0.381. The number of nitrogens with zero attached hydrogens (tertiary/aromatic N) is 2. The number of aryl methyl sites for hydroxylation is 1. The highest BCUT2D eigenvalue weighted by Crippen LogP contribution is 2.40. The lowest BCUT2D eigenvalue weighted by molar-refractivity contribution is -0.145. The van der Waals surface area contributed by atoms with Gasteiger partial charge in [0.25, 0.3) is 0 Å². The van der Waals surface area contributed by atoms with E-state index in [1.165, 1.54) is 6.92 Å². The van der Waals surface area contributed by atoms with Gasteiger partial charge in [-0.1, -0.05) is 6.58 Å². The van der Waals surface area contributed by atoms with Crippen molar-refractivity contribution < 1.29 is 22.0 Å². The average Bonchev–Trinajstić information content (AvgIpc) is 3.24. The van der Waals surface area contributed by atoms with E-state index in [9.17, 15) is 22.0 Å². The monoisotopic (exact) mass is 424 g/mol. The second kappa shape index (κ2) is 7.45. The Morgan fingerprint density at radius 2 is 2.07 bits per heavy atom. The van der Waals surface area contributed by atoms with Gasteiger partial charge in [-0.25, -0.2) is 13.8 Å². The van der Waals surface area contributed by atoms with E-state index in [4.69, 9.17) is 0 Å². The molecule has 0 bridgehead atoms. The maximum Gasteiger partial charge on any atom is 0.412 e. The molecule has 0 fully saturated rings. The van der Waals surface area contributed by atoms with E-state index >= 15 is 0 Å². The molecule has 2 aromatic rings. The summed E-state index contributed by atoms with van der Waals surface area (Å²) in [4.78, 5) is 4.08. The number of halogens is 5. The fourth-order valence-corrected chi connectivity index (χ4v) is 4.25. The third-order valence-electron chi connectivity index (χ3n) is 5.75. The minimum atomic E-state index is -4.64. The molecule has 2 heterocycles. The molecule has 30 heavy (non-hydrogen) atoms. The molecule has 4 rings (SSSR count). The molecule has 0 radical (unpaired) electrons. The van der Waals surface area contributed by atoms with Crippen LogP contribution in [0.4, 0.5) is 22.0 Å². The number of hydrogen-bond donors (Lipinski definition) is 2. The molecule has 0 saturated heterocycles. The van der Waals surface area contributed by atoms with Crippen LogP contribution in [0.5, 0.6) is 0 Å². The van der Waals surface area contributed by atoms with Crippen LogP contribution in [0.2, 0.25) is 0 Å². The summed E-state index contributed by atoms with van der Waals surface area (Å²) < 4.78 is 71.3. The Bertz CT molecular complexity index is 1020. The van der Waals surface area contributed by atoms with Crippen molar-refractivity contribution in [2.24, 2.45) is 0 Å². The van der Waals surface area contributed by atoms with Crippen LogP contribution >= 0.6 is 0 Å². The number of hydrogen-bond acceptors (Lipinski definition) is 3. The second-order valence-electron chi connectivity index (χ2n) is 7.76. The van der Waals surface area contributed by atoms with E-state index in [0.717, 1.165) is 24.6 Å². The Morgan fingerprint density at radius 3 is 2.80 bits per heavy atom. The number of aromatic nitrogens is 2. The van der Waals surface area contributed by atoms with Gasteiger partial charge >= 0.3 is 6.18 Å². The van der Waals surface area contributed by atoms with Gasteiger partial charge in [0.05, 0.1) is 12.1 Å². The molecule has 9 heteroatoms. The zero-order valence-electron chi connectivity index (χ0n) is 16.3. The van der Waals surface area contributed by atoms with Gasteiger partial charge in [-0.05, 0) is 54.5 Å². The van der Waals surface area contributed by atoms with E-state index in [0.29, 0.717) is 12.6 Å². The highest BCUT2D eigenvalue weighted by molar-refractivity contribution is 5.76. The average molecular weight is 424 g/mol. The normalized spacial score (nSPS) is 19.3. The van der Waals surface area contributed by atoms with E-state index in [2.05, 4.69) is 22.2 Å². The van der Waals surface area contributed by atoms with Crippen LogP contribution in [0.25, 0.3) is 5.57 Å². The largest absolute Gasteiger partial charge is 0.412 e. The SMILES string of the molecule is C=C(NC1CCc2cncn2C1)NC(C1=C(C)c2cc(F)cc(F)c2C1)C(F)(F)F. The van der Waals surface area contributed by atoms with Gasteiger partial charge in [-0.2, -0.15) is 13.2 Å². The number of imidazole rings is 1. The molecule has 2 aliphatic rings. The van der Waals surface area contributed by atoms with E-state index < -0.39 is 23.9 Å². The number of rotatable bonds is 5. The summed E-state index contributed by atoms with van der Waals surface area (Å²) in [5, 5.41) is 5.45. The van der Waals surface area contributed by atoms with Crippen LogP contribution in [-0.4, -0.2) is 27.8 Å². The first-order valence-corrected chi connectivity index (χ1v) is 9.59. The van der Waals surface area contributed by atoms with Crippen LogP contribution in [0.15, 0.2) is 42.6 Å². The van der Waals surface area contributed by atoms with E-state index in [1.807, 2.05) is 4.57 Å². The summed E-state index contributed by atoms with van der Waals surface area (Å²) in [5.74, 6) is -1.62. The Kier molecular flexibility index (Phi) is 5.07. The first-order chi connectivity index (χ1) is 14.1. The Labute approximate surface area is 170 Å². The van der Waals surface area contributed by atoms with Crippen molar-refractivity contribution in [1.29, 1.82) is 0 Å². The Morgan fingerprint density at radius 1 is 1.30 bits per heavy atom. The molecule has 1 aliphatic heterocycles. The standard InChI is InChI=1S/C21H21F5N4/c1-11-16-5-13(22)6-19(23)18(16)7-17(11)20(21(24,25)26)29-12(2)28-14-3-4-15-8-27-10-30(15)9-14/h5-6,8,10,14,20,28-29H,2-4,7,9H2,1H3. The molecule has 2 unspecified atom stereocenters. The van der Waals surface area contributed by atoms with Crippen LogP contribution in [-0.2, 0) is 19.4 Å². The molecule has 2 N–H and O–H groups in total. The molecule has 4 nitrogen and oxygen atoms in total. The minimum Gasteiger partial charge on any atom is -0.368 e. The lowest BCUT2D eigenvalue weighted by Crippen LogP contribution is -2.48. The first-order valence-electron chi connectivity index (χ1n) is 9.59. The lowest BCUT2D eigenvalue weighted by Gasteiger charge is -2.30. The van der Waals surface area contributed by atoms with E-state index in [-0.39, 0.29) is 40.6 Å². The van der Waals surface area contributed by atoms with Crippen molar-refractivity contribution in [3.05, 3.63) is 71.1 Å². The quantitative estimate of drug-likeness (QED) is 0.711. The Balaban J connectivity index is 1.52. The molecule has 0 amide bonds. The molecule has 1 aliphatic carbocycles. The van der Waals surface area contributed by atoms with Crippen molar-refractivity contribution in [2.75, 3.05) is 0 Å². The van der Waals surface area contributed by atoms with E-state index in [1.54, 1.807) is 12.5 Å². The van der Waals surface area contributed by atoms with Crippen LogP contribution in [0.1, 0.15) is 30.2 Å². The Hall–Kier alpha value is -2.84. The number of fused-ring (bicyclic) bond motifs is 2. The molecule has 0 saturated carbocycles. The van der Waals surface area contributed by atoms with Gasteiger partial charge in [0.15, 0.2) is 0 Å². The number of nitrogens with one attached hydrogen (secondary N) is 2. The van der Waals surface area contributed by atoms with Gasteiger partial charge in [0, 0.05) is 30.5 Å². The second-order valence-corrected chi connectivity index (χ2v) is 7.76. The number of benzene rings is 1. The molecular formula is C21H21F5N4. The summed E-state index contributed by atoms with van der Waals surface area (Å²) in [6, 6.07) is -0.381. The third-order valence-corrected chi connectivity index (χ3v) is 5.75. The number of alkyl halides is 3. The van der Waals surface area contributed by atoms with Crippen molar-refractivity contribution in [1.82, 2.24) is 20.2 Å². The molecule has 160 valence electrons. The molecule has 2 atom stereocenters. The minimum absolute atomic E-state index is 0.0359. The zero-order chi connectivity index (χ0) is 21.6. The zero-order valence-corrected chi connectivity index (χ0v) is 16.3. The van der Waals surface area contributed by atoms with Gasteiger partial charge in [0.2, 0.25) is 0 Å². The van der Waals surface area contributed by atoms with Crippen LogP contribution in [0.3, 0.4) is 0 Å². The smallest absolute Gasteiger partial charge is 0.368 e. The molecule has 1 aromatic carbocycles. The van der Waals surface area contributed by atoms with Crippen molar-refractivity contribution in [2.45, 2.75) is 51.0 Å². The third kappa shape index (κ3) is 3.80. The summed E-state index contributed by atoms with van der Waals surface area (Å²) in [5.41, 5.74) is 1.53. The highest BCUT2D eigenvalue weighted by atomic mass is 19.4. The van der Waals surface area contributed by atoms with Crippen LogP contribution < -0.4 is 10.6 Å². The summed E-state index contributed by atoms with van der Waals surface area (Å²) in [7, 11) is 0. The van der Waals surface area contributed by atoms with Crippen molar-refractivity contribution in [3.8, 4) is 0 Å². The topological polar surface area (TPSA) is 41.9 Å². The first kappa shape index (κ1) is 20.4. The predicted octanol–water partition coefficient (Wildman–Crippen LogP) is 4.09. The lowest BCUT2D eigenvalue weighted by atomic mass is 10.0. The van der Waals surface area contributed by atoms with Gasteiger partial charge < -0.3 is 15.2 Å². The van der Waals surface area contributed by atoms with Gasteiger partial charge in [0.1, 0.15) is 17.7 Å². The van der Waals surface area contributed by atoms with Crippen molar-refractivity contribution in [3.63, 3.8) is 0 Å². The molecule has 0 spiro atoms. The van der Waals surface area contributed by atoms with Gasteiger partial charge in [-0.3, -0.25) is 0 Å². The summed E-state index contributed by atoms with van der Waals surface area (Å²) >= 11 is 0. The van der Waals surface area contributed by atoms with Gasteiger partial charge in [-0.15, -0.1) is 0 Å². The van der Waals surface area contributed by atoms with Crippen LogP contribution in [0, 0.1) is 11.6 Å². The highest BCUT2D eigenvalue weighted by Gasteiger charge is 2.45. The fourth-order valence-electron chi connectivity index (χ4n) is 4.25. The number of allylic oxidation sites excluding steroid dienone is 1. The summed E-state index contributed by atoms with van der Waals surface area (Å²) in [6.45, 7) is 5.75. The maximum atomic E-state index is 14.1. The molecular weight excluding hydrogens is 403 g/mol.